The molecule has 0 radical (unpaired) electrons. The Bertz CT molecular complexity index is 373. The highest BCUT2D eigenvalue weighted by atomic mass is 19.2. The number of hydrogen-bond donors (Lipinski definition) is 1. The van der Waals surface area contributed by atoms with Crippen LogP contribution in [0.25, 0.3) is 0 Å². The summed E-state index contributed by atoms with van der Waals surface area (Å²) in [6, 6.07) is 1.69. The minimum absolute atomic E-state index is 0.0654. The van der Waals surface area contributed by atoms with Gasteiger partial charge >= 0.3 is 0 Å². The predicted molar refractivity (Wildman–Crippen MR) is 56.8 cm³/mol. The minimum Gasteiger partial charge on any atom is -0.380 e. The van der Waals surface area contributed by atoms with E-state index in [9.17, 15) is 13.2 Å². The van der Waals surface area contributed by atoms with Gasteiger partial charge < -0.3 is 5.32 Å². The van der Waals surface area contributed by atoms with Crippen LogP contribution < -0.4 is 5.32 Å². The van der Waals surface area contributed by atoms with Crippen LogP contribution >= 0.6 is 0 Å². The van der Waals surface area contributed by atoms with Crippen molar-refractivity contribution in [1.29, 1.82) is 0 Å². The number of rotatable bonds is 2. The Labute approximate surface area is 92.7 Å². The summed E-state index contributed by atoms with van der Waals surface area (Å²) in [5, 5.41) is 2.88. The van der Waals surface area contributed by atoms with Crippen molar-refractivity contribution < 1.29 is 13.2 Å². The third-order valence-electron chi connectivity index (χ3n) is 2.96. The maximum atomic E-state index is 13.3. The summed E-state index contributed by atoms with van der Waals surface area (Å²) in [5.74, 6) is -2.89. The van der Waals surface area contributed by atoms with Crippen LogP contribution in [0.15, 0.2) is 12.1 Å². The molecule has 1 nitrogen and oxygen atoms in total. The summed E-state index contributed by atoms with van der Waals surface area (Å²) in [5.41, 5.74) is -0.0654. The van der Waals surface area contributed by atoms with Crippen molar-refractivity contribution in [3.63, 3.8) is 0 Å². The van der Waals surface area contributed by atoms with Gasteiger partial charge in [0.1, 0.15) is 5.82 Å². The van der Waals surface area contributed by atoms with Crippen molar-refractivity contribution in [2.45, 2.75) is 38.1 Å². The minimum atomic E-state index is -1.14. The third kappa shape index (κ3) is 2.49. The van der Waals surface area contributed by atoms with Crippen molar-refractivity contribution in [2.75, 3.05) is 5.32 Å². The zero-order valence-corrected chi connectivity index (χ0v) is 8.90. The summed E-state index contributed by atoms with van der Waals surface area (Å²) < 4.78 is 39.2. The molecule has 1 aromatic rings. The lowest BCUT2D eigenvalue weighted by Gasteiger charge is -2.24. The molecule has 4 heteroatoms. The first-order valence-electron chi connectivity index (χ1n) is 5.58. The van der Waals surface area contributed by atoms with Gasteiger partial charge in [-0.15, -0.1) is 0 Å². The highest BCUT2D eigenvalue weighted by Gasteiger charge is 2.17. The molecule has 0 saturated heterocycles. The zero-order valence-electron chi connectivity index (χ0n) is 8.90. The largest absolute Gasteiger partial charge is 0.380 e. The molecular weight excluding hydrogens is 215 g/mol. The van der Waals surface area contributed by atoms with Crippen molar-refractivity contribution in [3.8, 4) is 0 Å². The molecule has 1 saturated carbocycles. The Morgan fingerprint density at radius 2 is 1.69 bits per heavy atom. The van der Waals surface area contributed by atoms with E-state index in [2.05, 4.69) is 5.32 Å². The first-order valence-corrected chi connectivity index (χ1v) is 5.58. The molecule has 0 spiro atoms. The van der Waals surface area contributed by atoms with Crippen LogP contribution in [0.4, 0.5) is 18.9 Å². The average Bonchev–Trinajstić information content (AvgIpc) is 2.27. The summed E-state index contributed by atoms with van der Waals surface area (Å²) in [6.07, 6.45) is 5.20. The Morgan fingerprint density at radius 3 is 2.38 bits per heavy atom. The lowest BCUT2D eigenvalue weighted by Crippen LogP contribution is -2.23. The maximum Gasteiger partial charge on any atom is 0.182 e. The van der Waals surface area contributed by atoms with E-state index < -0.39 is 17.5 Å². The summed E-state index contributed by atoms with van der Waals surface area (Å²) >= 11 is 0. The van der Waals surface area contributed by atoms with Gasteiger partial charge in [-0.3, -0.25) is 0 Å². The molecule has 0 aromatic heterocycles. The number of halogens is 3. The van der Waals surface area contributed by atoms with Crippen LogP contribution in [0.5, 0.6) is 0 Å². The zero-order chi connectivity index (χ0) is 11.5. The average molecular weight is 229 g/mol. The van der Waals surface area contributed by atoms with E-state index in [0.29, 0.717) is 6.07 Å². The highest BCUT2D eigenvalue weighted by molar-refractivity contribution is 5.46. The first-order chi connectivity index (χ1) is 7.66. The Kier molecular flexibility index (Phi) is 3.36. The van der Waals surface area contributed by atoms with Gasteiger partial charge in [0.2, 0.25) is 0 Å². The Balaban J connectivity index is 2.13. The van der Waals surface area contributed by atoms with Crippen molar-refractivity contribution in [1.82, 2.24) is 0 Å². The van der Waals surface area contributed by atoms with Gasteiger partial charge in [0, 0.05) is 18.2 Å². The molecule has 1 aliphatic rings. The second kappa shape index (κ2) is 4.76. The van der Waals surface area contributed by atoms with Crippen LogP contribution in [0, 0.1) is 17.5 Å². The summed E-state index contributed by atoms with van der Waals surface area (Å²) in [7, 11) is 0. The molecule has 1 fully saturated rings. The van der Waals surface area contributed by atoms with E-state index in [4.69, 9.17) is 0 Å². The molecule has 0 aliphatic heterocycles. The quantitative estimate of drug-likeness (QED) is 0.759. The molecule has 0 atom stereocenters. The Hall–Kier alpha value is -1.19. The van der Waals surface area contributed by atoms with E-state index in [1.165, 1.54) is 6.42 Å². The fourth-order valence-corrected chi connectivity index (χ4v) is 2.13. The van der Waals surface area contributed by atoms with Gasteiger partial charge in [0.25, 0.3) is 0 Å². The van der Waals surface area contributed by atoms with Crippen LogP contribution in [0.2, 0.25) is 0 Å². The van der Waals surface area contributed by atoms with Crippen molar-refractivity contribution in [2.24, 2.45) is 0 Å². The molecular formula is C12H14F3N. The standard InChI is InChI=1S/C12H14F3N/c13-8-6-10(14)12(15)11(7-8)16-9-4-2-1-3-5-9/h6-7,9,16H,1-5H2. The van der Waals surface area contributed by atoms with Crippen LogP contribution in [0.1, 0.15) is 32.1 Å². The predicted octanol–water partition coefficient (Wildman–Crippen LogP) is 3.85. The van der Waals surface area contributed by atoms with E-state index in [1.807, 2.05) is 0 Å². The molecule has 0 amide bonds. The van der Waals surface area contributed by atoms with Crippen LogP contribution in [-0.4, -0.2) is 6.04 Å². The smallest absolute Gasteiger partial charge is 0.182 e. The summed E-state index contributed by atoms with van der Waals surface area (Å²) in [4.78, 5) is 0. The molecule has 88 valence electrons. The number of anilines is 1. The number of benzene rings is 1. The molecule has 1 aliphatic carbocycles. The van der Waals surface area contributed by atoms with Gasteiger partial charge in [-0.2, -0.15) is 0 Å². The normalized spacial score (nSPS) is 17.4. The third-order valence-corrected chi connectivity index (χ3v) is 2.96. The van der Waals surface area contributed by atoms with Gasteiger partial charge in [-0.05, 0) is 12.8 Å². The summed E-state index contributed by atoms with van der Waals surface area (Å²) in [6.45, 7) is 0. The van der Waals surface area contributed by atoms with Gasteiger partial charge in [0.05, 0.1) is 5.69 Å². The first kappa shape index (κ1) is 11.3. The Morgan fingerprint density at radius 1 is 1.00 bits per heavy atom. The molecule has 0 heterocycles. The van der Waals surface area contributed by atoms with Gasteiger partial charge in [-0.25, -0.2) is 13.2 Å². The SMILES string of the molecule is Fc1cc(F)c(F)c(NC2CCCCC2)c1. The molecule has 16 heavy (non-hydrogen) atoms. The fourth-order valence-electron chi connectivity index (χ4n) is 2.13. The van der Waals surface area contributed by atoms with E-state index >= 15 is 0 Å². The second-order valence-electron chi connectivity index (χ2n) is 4.23. The maximum absolute atomic E-state index is 13.3. The second-order valence-corrected chi connectivity index (χ2v) is 4.23. The topological polar surface area (TPSA) is 12.0 Å². The van der Waals surface area contributed by atoms with E-state index in [1.54, 1.807) is 0 Å². The monoisotopic (exact) mass is 229 g/mol. The van der Waals surface area contributed by atoms with Gasteiger partial charge in [-0.1, -0.05) is 19.3 Å². The highest BCUT2D eigenvalue weighted by Crippen LogP contribution is 2.25. The number of nitrogens with one attached hydrogen (secondary N) is 1. The van der Waals surface area contributed by atoms with E-state index in [0.717, 1.165) is 31.7 Å². The van der Waals surface area contributed by atoms with E-state index in [-0.39, 0.29) is 11.7 Å². The van der Waals surface area contributed by atoms with Crippen LogP contribution in [-0.2, 0) is 0 Å². The lowest BCUT2D eigenvalue weighted by molar-refractivity contribution is 0.455. The molecule has 1 aromatic carbocycles. The fraction of sp³-hybridized carbons (Fsp3) is 0.500. The molecule has 1 N–H and O–H groups in total. The molecule has 0 unspecified atom stereocenters. The lowest BCUT2D eigenvalue weighted by atomic mass is 9.95. The van der Waals surface area contributed by atoms with Crippen molar-refractivity contribution >= 4 is 5.69 Å². The molecule has 2 rings (SSSR count). The van der Waals surface area contributed by atoms with Crippen molar-refractivity contribution in [3.05, 3.63) is 29.6 Å². The number of hydrogen-bond acceptors (Lipinski definition) is 1. The van der Waals surface area contributed by atoms with Gasteiger partial charge in [0.15, 0.2) is 11.6 Å². The molecule has 0 bridgehead atoms. The van der Waals surface area contributed by atoms with Crippen LogP contribution in [0.3, 0.4) is 0 Å².